The second-order valence-corrected chi connectivity index (χ2v) is 21.1. The number of hydrogen-bond donors (Lipinski definition) is 1. The highest BCUT2D eigenvalue weighted by Gasteiger charge is 2.57. The van der Waals surface area contributed by atoms with Gasteiger partial charge in [-0.3, -0.25) is 9.97 Å². The number of hydrogen-bond acceptors (Lipinski definition) is 6. The average Bonchev–Trinajstić information content (AvgIpc) is 3.87. The van der Waals surface area contributed by atoms with Crippen molar-refractivity contribution >= 4 is 21.8 Å². The number of aliphatic hydroxyl groups is 1. The molecule has 5 heterocycles. The van der Waals surface area contributed by atoms with Gasteiger partial charge >= 0.3 is 0 Å². The van der Waals surface area contributed by atoms with Gasteiger partial charge in [-0.2, -0.15) is 10.2 Å². The van der Waals surface area contributed by atoms with E-state index in [4.69, 9.17) is 19.8 Å². The van der Waals surface area contributed by atoms with Crippen LogP contribution in [0.25, 0.3) is 33.2 Å². The monoisotopic (exact) mass is 908 g/mol. The Balaban J connectivity index is 0.000000141. The summed E-state index contributed by atoms with van der Waals surface area (Å²) in [7, 11) is 0. The van der Waals surface area contributed by atoms with Gasteiger partial charge < -0.3 is 9.84 Å². The molecule has 8 nitrogen and oxygen atoms in total. The van der Waals surface area contributed by atoms with Crippen molar-refractivity contribution in [3.63, 3.8) is 0 Å². The second-order valence-electron chi connectivity index (χ2n) is 21.1. The molecule has 3 fully saturated rings. The SMILES string of the molecule is C[C@@]1(O)CC[C@@]2(Cc3ccccn3)c3cc4cnn(-c5ccc(F)cc5)c4cc3CCC[C@H]2C1.Fc1ccc(-n2ncc3cc4c(cc32)CCC[C@H]2C[C@]3(CC[C@@]42Cc2ccccn2)CO3)cc1. The van der Waals surface area contributed by atoms with E-state index in [1.807, 2.05) is 53.2 Å². The van der Waals surface area contributed by atoms with Crippen LogP contribution in [0, 0.1) is 23.5 Å². The van der Waals surface area contributed by atoms with Gasteiger partial charge in [0.15, 0.2) is 0 Å². The first-order valence-corrected chi connectivity index (χ1v) is 24.8. The van der Waals surface area contributed by atoms with Gasteiger partial charge in [0.2, 0.25) is 0 Å². The maximum atomic E-state index is 13.5. The fourth-order valence-corrected chi connectivity index (χ4v) is 13.3. The zero-order chi connectivity index (χ0) is 46.1. The third-order valence-corrected chi connectivity index (χ3v) is 16.8. The molecule has 4 aromatic carbocycles. The average molecular weight is 909 g/mol. The molecule has 2 saturated carbocycles. The summed E-state index contributed by atoms with van der Waals surface area (Å²) >= 11 is 0. The molecule has 6 atom stereocenters. The van der Waals surface area contributed by atoms with Crippen LogP contribution in [0.3, 0.4) is 0 Å². The van der Waals surface area contributed by atoms with Crippen LogP contribution in [0.1, 0.15) is 105 Å². The highest BCUT2D eigenvalue weighted by atomic mass is 19.1. The number of rotatable bonds is 6. The Hall–Kier alpha value is -6.10. The molecule has 346 valence electrons. The van der Waals surface area contributed by atoms with Crippen molar-refractivity contribution < 1.29 is 18.6 Å². The van der Waals surface area contributed by atoms with E-state index in [-0.39, 0.29) is 28.1 Å². The molecule has 13 rings (SSSR count). The van der Waals surface area contributed by atoms with E-state index >= 15 is 0 Å². The van der Waals surface area contributed by atoms with Gasteiger partial charge in [-0.15, -0.1) is 0 Å². The quantitative estimate of drug-likeness (QED) is 0.167. The van der Waals surface area contributed by atoms with E-state index in [0.717, 1.165) is 123 Å². The smallest absolute Gasteiger partial charge is 0.123 e. The van der Waals surface area contributed by atoms with Crippen LogP contribution in [0.4, 0.5) is 8.78 Å². The molecular weight excluding hydrogens is 851 g/mol. The first-order valence-electron chi connectivity index (χ1n) is 24.8. The highest BCUT2D eigenvalue weighted by Crippen LogP contribution is 2.58. The van der Waals surface area contributed by atoms with Gasteiger partial charge in [0, 0.05) is 45.4 Å². The standard InChI is InChI=1S/C29H28FN3O.C29H30FN3O/c30-23-7-9-25(10-8-23)33-27-15-20-4-3-5-22-16-28(19-34-28)11-12-29(22,17-24-6-1-2-13-31-24)26(20)14-21(27)18-32-33;1-28(34)12-13-29(18-24-7-2-3-14-31-24)22(17-28)6-4-5-20-16-27-21(15-26(20)29)19-32-33(27)25-10-8-23(30)9-11-25/h1-2,6-10,13-15,18,22H,3-5,11-12,16-17,19H2;2-3,7-11,14-16,19,22,34H,4-6,12-13,17-18H2,1H3/t2*22-,28+,29-/m00/s1. The highest BCUT2D eigenvalue weighted by molar-refractivity contribution is 5.84. The third kappa shape index (κ3) is 7.83. The van der Waals surface area contributed by atoms with Crippen LogP contribution >= 0.6 is 0 Å². The predicted molar refractivity (Wildman–Crippen MR) is 261 cm³/mol. The van der Waals surface area contributed by atoms with Gasteiger partial charge in [-0.25, -0.2) is 18.1 Å². The largest absolute Gasteiger partial charge is 0.390 e. The van der Waals surface area contributed by atoms with E-state index in [9.17, 15) is 13.9 Å². The maximum absolute atomic E-state index is 13.5. The van der Waals surface area contributed by atoms with Crippen LogP contribution in [0.15, 0.2) is 134 Å². The molecule has 1 N–H and O–H groups in total. The third-order valence-electron chi connectivity index (χ3n) is 16.8. The van der Waals surface area contributed by atoms with Crippen molar-refractivity contribution in [2.24, 2.45) is 11.8 Å². The summed E-state index contributed by atoms with van der Waals surface area (Å²) in [5.74, 6) is 0.525. The molecule has 0 radical (unpaired) electrons. The van der Waals surface area contributed by atoms with Crippen molar-refractivity contribution in [3.05, 3.63) is 179 Å². The number of epoxide rings is 1. The molecule has 0 bridgehead atoms. The Bertz CT molecular complexity index is 2910. The first-order chi connectivity index (χ1) is 33.1. The van der Waals surface area contributed by atoms with Crippen molar-refractivity contribution in [1.82, 2.24) is 29.5 Å². The Morgan fingerprint density at radius 3 is 1.57 bits per heavy atom. The van der Waals surface area contributed by atoms with E-state index in [2.05, 4.69) is 53.6 Å². The number of ether oxygens (including phenoxy) is 1. The molecule has 1 aliphatic heterocycles. The van der Waals surface area contributed by atoms with E-state index < -0.39 is 5.60 Å². The maximum Gasteiger partial charge on any atom is 0.123 e. The van der Waals surface area contributed by atoms with Gasteiger partial charge in [0.05, 0.1) is 52.6 Å². The predicted octanol–water partition coefficient (Wildman–Crippen LogP) is 11.9. The van der Waals surface area contributed by atoms with Crippen molar-refractivity contribution in [2.45, 2.75) is 119 Å². The van der Waals surface area contributed by atoms with Crippen molar-refractivity contribution in [2.75, 3.05) is 6.61 Å². The normalized spacial score (nSPS) is 27.2. The van der Waals surface area contributed by atoms with Crippen LogP contribution in [0.2, 0.25) is 0 Å². The molecule has 0 unspecified atom stereocenters. The lowest BCUT2D eigenvalue weighted by atomic mass is 9.56. The minimum atomic E-state index is -0.611. The van der Waals surface area contributed by atoms with Crippen LogP contribution in [-0.2, 0) is 41.3 Å². The number of aryl methyl sites for hydroxylation is 2. The summed E-state index contributed by atoms with van der Waals surface area (Å²) in [4.78, 5) is 9.45. The summed E-state index contributed by atoms with van der Waals surface area (Å²) in [5, 5.41) is 22.6. The number of pyridine rings is 2. The summed E-state index contributed by atoms with van der Waals surface area (Å²) in [5.41, 5.74) is 11.4. The molecule has 5 aliphatic rings. The lowest BCUT2D eigenvalue weighted by molar-refractivity contribution is -0.0332. The van der Waals surface area contributed by atoms with Gasteiger partial charge in [-0.1, -0.05) is 12.1 Å². The molecule has 1 saturated heterocycles. The van der Waals surface area contributed by atoms with E-state index in [1.165, 1.54) is 65.1 Å². The molecule has 8 aromatic rings. The second kappa shape index (κ2) is 16.8. The minimum absolute atomic E-state index is 0.0470. The number of nitrogens with zero attached hydrogens (tertiary/aromatic N) is 6. The molecule has 68 heavy (non-hydrogen) atoms. The number of halogens is 2. The molecule has 10 heteroatoms. The van der Waals surface area contributed by atoms with Crippen LogP contribution < -0.4 is 0 Å². The van der Waals surface area contributed by atoms with Crippen molar-refractivity contribution in [1.29, 1.82) is 0 Å². The fourth-order valence-electron chi connectivity index (χ4n) is 13.3. The summed E-state index contributed by atoms with van der Waals surface area (Å²) in [6, 6.07) is 35.0. The summed E-state index contributed by atoms with van der Waals surface area (Å²) in [6.07, 6.45) is 22.3. The fraction of sp³-hybridized carbons (Fsp3) is 0.379. The Morgan fingerprint density at radius 2 is 1.10 bits per heavy atom. The first kappa shape index (κ1) is 43.2. The number of fused-ring (bicyclic) bond motifs is 8. The van der Waals surface area contributed by atoms with E-state index in [1.54, 1.807) is 24.3 Å². The molecular formula is C58H58F2N6O2. The number of benzene rings is 4. The zero-order valence-corrected chi connectivity index (χ0v) is 38.8. The Kier molecular flexibility index (Phi) is 10.7. The molecule has 4 aromatic heterocycles. The molecule has 4 aliphatic carbocycles. The topological polar surface area (TPSA) is 94.2 Å². The lowest BCUT2D eigenvalue weighted by Crippen LogP contribution is -2.48. The Morgan fingerprint density at radius 1 is 0.618 bits per heavy atom. The van der Waals surface area contributed by atoms with Gasteiger partial charge in [-0.05, 0) is 228 Å². The molecule has 0 amide bonds. The van der Waals surface area contributed by atoms with Gasteiger partial charge in [0.25, 0.3) is 0 Å². The van der Waals surface area contributed by atoms with Crippen LogP contribution in [0.5, 0.6) is 0 Å². The zero-order valence-electron chi connectivity index (χ0n) is 38.8. The summed E-state index contributed by atoms with van der Waals surface area (Å²) < 4.78 is 36.8. The minimum Gasteiger partial charge on any atom is -0.390 e. The van der Waals surface area contributed by atoms with Crippen molar-refractivity contribution in [3.8, 4) is 11.4 Å². The Labute approximate surface area is 396 Å². The lowest BCUT2D eigenvalue weighted by Gasteiger charge is -2.49. The number of aromatic nitrogens is 6. The molecule has 1 spiro atoms. The van der Waals surface area contributed by atoms with E-state index in [0.29, 0.717) is 11.8 Å². The summed E-state index contributed by atoms with van der Waals surface area (Å²) in [6.45, 7) is 2.93. The van der Waals surface area contributed by atoms with Crippen LogP contribution in [-0.4, -0.2) is 52.4 Å². The van der Waals surface area contributed by atoms with Gasteiger partial charge in [0.1, 0.15) is 11.6 Å².